The Hall–Kier alpha value is -1.98. The van der Waals surface area contributed by atoms with Crippen LogP contribution in [0.25, 0.3) is 0 Å². The van der Waals surface area contributed by atoms with Crippen LogP contribution < -0.4 is 5.73 Å². The normalized spacial score (nSPS) is 12.3. The van der Waals surface area contributed by atoms with Crippen molar-refractivity contribution in [2.24, 2.45) is 5.73 Å². The van der Waals surface area contributed by atoms with Crippen LogP contribution in [0.1, 0.15) is 28.9 Å². The van der Waals surface area contributed by atoms with Crippen molar-refractivity contribution in [1.29, 1.82) is 0 Å². The fourth-order valence-electron chi connectivity index (χ4n) is 2.05. The number of hydrogen-bond acceptors (Lipinski definition) is 4. The topological polar surface area (TPSA) is 64.9 Å². The molecular weight excluding hydrogens is 330 g/mol. The van der Waals surface area contributed by atoms with Gasteiger partial charge in [-0.1, -0.05) is 63.6 Å². The highest BCUT2D eigenvalue weighted by atomic mass is 79.9. The summed E-state index contributed by atoms with van der Waals surface area (Å²) in [6.45, 7) is 0. The summed E-state index contributed by atoms with van der Waals surface area (Å²) in [5.74, 6) is 1.08. The van der Waals surface area contributed by atoms with Crippen molar-refractivity contribution in [2.45, 2.75) is 12.5 Å². The van der Waals surface area contributed by atoms with Gasteiger partial charge < -0.3 is 10.3 Å². The Morgan fingerprint density at radius 2 is 1.76 bits per heavy atom. The zero-order chi connectivity index (χ0) is 14.7. The zero-order valence-corrected chi connectivity index (χ0v) is 12.8. The third kappa shape index (κ3) is 3.37. The zero-order valence-electron chi connectivity index (χ0n) is 11.2. The lowest BCUT2D eigenvalue weighted by Gasteiger charge is -2.05. The molecule has 0 unspecified atom stereocenters. The van der Waals surface area contributed by atoms with Crippen LogP contribution in [0.2, 0.25) is 0 Å². The number of nitrogens with zero attached hydrogens (tertiary/aromatic N) is 2. The average molecular weight is 344 g/mol. The van der Waals surface area contributed by atoms with Gasteiger partial charge in [-0.05, 0) is 23.3 Å². The lowest BCUT2D eigenvalue weighted by Crippen LogP contribution is -2.12. The van der Waals surface area contributed by atoms with E-state index in [2.05, 4.69) is 26.1 Å². The van der Waals surface area contributed by atoms with Crippen LogP contribution in [0.5, 0.6) is 0 Å². The summed E-state index contributed by atoms with van der Waals surface area (Å²) in [6, 6.07) is 17.4. The van der Waals surface area contributed by atoms with Gasteiger partial charge in [-0.25, -0.2) is 0 Å². The molecule has 21 heavy (non-hydrogen) atoms. The molecule has 0 radical (unpaired) electrons. The molecule has 0 bridgehead atoms. The number of hydrogen-bond donors (Lipinski definition) is 1. The molecule has 0 spiro atoms. The van der Waals surface area contributed by atoms with Gasteiger partial charge in [0.2, 0.25) is 5.89 Å². The molecule has 2 aromatic carbocycles. The molecule has 0 aliphatic heterocycles. The minimum Gasteiger partial charge on any atom is -0.337 e. The minimum absolute atomic E-state index is 0.391. The van der Waals surface area contributed by atoms with Gasteiger partial charge in [-0.2, -0.15) is 4.98 Å². The van der Waals surface area contributed by atoms with Gasteiger partial charge in [0.1, 0.15) is 6.04 Å². The highest BCUT2D eigenvalue weighted by Gasteiger charge is 2.16. The summed E-state index contributed by atoms with van der Waals surface area (Å²) in [5.41, 5.74) is 8.22. The minimum atomic E-state index is -0.391. The number of rotatable bonds is 4. The smallest absolute Gasteiger partial charge is 0.248 e. The Morgan fingerprint density at radius 3 is 2.48 bits per heavy atom. The molecular formula is C16H14BrN3O. The van der Waals surface area contributed by atoms with Crippen molar-refractivity contribution in [2.75, 3.05) is 0 Å². The first-order valence-electron chi connectivity index (χ1n) is 6.60. The predicted octanol–water partition coefficient (Wildman–Crippen LogP) is 3.47. The predicted molar refractivity (Wildman–Crippen MR) is 83.7 cm³/mol. The molecule has 0 amide bonds. The lowest BCUT2D eigenvalue weighted by atomic mass is 10.1. The fraction of sp³-hybridized carbons (Fsp3) is 0.125. The molecule has 4 nitrogen and oxygen atoms in total. The largest absolute Gasteiger partial charge is 0.337 e. The molecule has 3 aromatic rings. The van der Waals surface area contributed by atoms with E-state index in [4.69, 9.17) is 10.3 Å². The summed E-state index contributed by atoms with van der Waals surface area (Å²) in [4.78, 5) is 4.39. The molecule has 2 N–H and O–H groups in total. The SMILES string of the molecule is N[C@@H](c1ccccc1)c1nc(Cc2ccc(Br)cc2)no1. The molecule has 0 saturated heterocycles. The van der Waals surface area contributed by atoms with Crippen LogP contribution in [0.3, 0.4) is 0 Å². The molecule has 0 aliphatic rings. The van der Waals surface area contributed by atoms with Crippen LogP contribution >= 0.6 is 15.9 Å². The molecule has 1 aromatic heterocycles. The van der Waals surface area contributed by atoms with E-state index in [1.165, 1.54) is 0 Å². The van der Waals surface area contributed by atoms with Crippen molar-refractivity contribution in [3.8, 4) is 0 Å². The van der Waals surface area contributed by atoms with Crippen molar-refractivity contribution in [3.63, 3.8) is 0 Å². The maximum atomic E-state index is 6.14. The van der Waals surface area contributed by atoms with E-state index in [0.29, 0.717) is 18.1 Å². The number of aromatic nitrogens is 2. The van der Waals surface area contributed by atoms with Gasteiger partial charge >= 0.3 is 0 Å². The Balaban J connectivity index is 1.75. The van der Waals surface area contributed by atoms with Gasteiger partial charge in [-0.15, -0.1) is 0 Å². The monoisotopic (exact) mass is 343 g/mol. The van der Waals surface area contributed by atoms with Crippen LogP contribution in [0.15, 0.2) is 63.6 Å². The molecule has 1 atom stereocenters. The Labute approximate surface area is 131 Å². The highest BCUT2D eigenvalue weighted by Crippen LogP contribution is 2.18. The standard InChI is InChI=1S/C16H14BrN3O/c17-13-8-6-11(7-9-13)10-14-19-16(21-20-14)15(18)12-4-2-1-3-5-12/h1-9,15H,10,18H2/t15-/m0/s1. The Morgan fingerprint density at radius 1 is 1.05 bits per heavy atom. The first-order chi connectivity index (χ1) is 10.2. The summed E-state index contributed by atoms with van der Waals surface area (Å²) in [6.07, 6.45) is 0.623. The first kappa shape index (κ1) is 14.0. The molecule has 0 fully saturated rings. The number of benzene rings is 2. The third-order valence-corrected chi connectivity index (χ3v) is 3.71. The van der Waals surface area contributed by atoms with E-state index in [1.807, 2.05) is 54.6 Å². The fourth-order valence-corrected chi connectivity index (χ4v) is 2.32. The van der Waals surface area contributed by atoms with Crippen molar-refractivity contribution < 1.29 is 4.52 Å². The lowest BCUT2D eigenvalue weighted by molar-refractivity contribution is 0.363. The van der Waals surface area contributed by atoms with Crippen LogP contribution in [-0.2, 0) is 6.42 Å². The maximum Gasteiger partial charge on any atom is 0.248 e. The molecule has 1 heterocycles. The molecule has 0 saturated carbocycles. The number of halogens is 1. The maximum absolute atomic E-state index is 6.14. The molecule has 5 heteroatoms. The second kappa shape index (κ2) is 6.20. The Bertz CT molecular complexity index is 710. The Kier molecular flexibility index (Phi) is 4.13. The van der Waals surface area contributed by atoms with Crippen molar-refractivity contribution in [1.82, 2.24) is 10.1 Å². The summed E-state index contributed by atoms with van der Waals surface area (Å²) >= 11 is 3.41. The van der Waals surface area contributed by atoms with Crippen molar-refractivity contribution in [3.05, 3.63) is 81.9 Å². The van der Waals surface area contributed by atoms with Gasteiger partial charge in [0.15, 0.2) is 5.82 Å². The van der Waals surface area contributed by atoms with Crippen LogP contribution in [0.4, 0.5) is 0 Å². The quantitative estimate of drug-likeness (QED) is 0.787. The van der Waals surface area contributed by atoms with Crippen molar-refractivity contribution >= 4 is 15.9 Å². The molecule has 3 rings (SSSR count). The average Bonchev–Trinajstić information content (AvgIpc) is 2.98. The third-order valence-electron chi connectivity index (χ3n) is 3.18. The summed E-state index contributed by atoms with van der Waals surface area (Å²) in [7, 11) is 0. The van der Waals surface area contributed by atoms with Crippen LogP contribution in [-0.4, -0.2) is 10.1 Å². The van der Waals surface area contributed by atoms with Gasteiger partial charge in [-0.3, -0.25) is 0 Å². The van der Waals surface area contributed by atoms with E-state index in [9.17, 15) is 0 Å². The van der Waals surface area contributed by atoms with E-state index >= 15 is 0 Å². The summed E-state index contributed by atoms with van der Waals surface area (Å²) < 4.78 is 6.33. The van der Waals surface area contributed by atoms with Gasteiger partial charge in [0, 0.05) is 10.9 Å². The van der Waals surface area contributed by atoms with Crippen LogP contribution in [0, 0.1) is 0 Å². The van der Waals surface area contributed by atoms with E-state index in [0.717, 1.165) is 15.6 Å². The molecule has 106 valence electrons. The second-order valence-electron chi connectivity index (χ2n) is 4.74. The second-order valence-corrected chi connectivity index (χ2v) is 5.66. The van der Waals surface area contributed by atoms with E-state index in [-0.39, 0.29) is 0 Å². The molecule has 0 aliphatic carbocycles. The van der Waals surface area contributed by atoms with E-state index in [1.54, 1.807) is 0 Å². The first-order valence-corrected chi connectivity index (χ1v) is 7.39. The van der Waals surface area contributed by atoms with Gasteiger partial charge in [0.05, 0.1) is 0 Å². The van der Waals surface area contributed by atoms with Gasteiger partial charge in [0.25, 0.3) is 0 Å². The summed E-state index contributed by atoms with van der Waals surface area (Å²) in [5, 5.41) is 4.00. The number of nitrogens with two attached hydrogens (primary N) is 1. The highest BCUT2D eigenvalue weighted by molar-refractivity contribution is 9.10. The van der Waals surface area contributed by atoms with E-state index < -0.39 is 6.04 Å².